The Labute approximate surface area is 60.7 Å². The van der Waals surface area contributed by atoms with Gasteiger partial charge < -0.3 is 0 Å². The lowest BCUT2D eigenvalue weighted by Crippen LogP contribution is -2.05. The van der Waals surface area contributed by atoms with Gasteiger partial charge in [0.2, 0.25) is 0 Å². The van der Waals surface area contributed by atoms with E-state index < -0.39 is 0 Å². The van der Waals surface area contributed by atoms with Gasteiger partial charge >= 0.3 is 0 Å². The fourth-order valence-corrected chi connectivity index (χ4v) is 0.614. The third-order valence-corrected chi connectivity index (χ3v) is 1.15. The Morgan fingerprint density at radius 3 is 2.70 bits per heavy atom. The molecule has 1 rings (SSSR count). The molecule has 0 aliphatic carbocycles. The first-order valence-electron chi connectivity index (χ1n) is 2.92. The molecule has 0 spiro atoms. The van der Waals surface area contributed by atoms with E-state index in [1.54, 1.807) is 12.1 Å². The Hall–Kier alpha value is -1.12. The number of pyridine rings is 1. The van der Waals surface area contributed by atoms with Gasteiger partial charge in [0.05, 0.1) is 0 Å². The second-order valence-corrected chi connectivity index (χ2v) is 2.03. The Bertz CT molecular complexity index is 242. The second-order valence-electron chi connectivity index (χ2n) is 2.03. The normalized spacial score (nSPS) is 9.30. The second kappa shape index (κ2) is 2.65. The molecule has 0 saturated carbocycles. The van der Waals surface area contributed by atoms with E-state index in [1.165, 1.54) is 13.1 Å². The van der Waals surface area contributed by atoms with E-state index in [0.29, 0.717) is 11.2 Å². The van der Waals surface area contributed by atoms with Crippen LogP contribution in [0.2, 0.25) is 0 Å². The van der Waals surface area contributed by atoms with Crippen LogP contribution in [-0.4, -0.2) is 18.6 Å². The lowest BCUT2D eigenvalue weighted by molar-refractivity contribution is 0.101. The van der Waals surface area contributed by atoms with Crippen LogP contribution in [0.25, 0.3) is 0 Å². The predicted octanol–water partition coefficient (Wildman–Crippen LogP) is 0.0780. The molecule has 0 bridgehead atoms. The van der Waals surface area contributed by atoms with Gasteiger partial charge in [-0.3, -0.25) is 9.78 Å². The molecule has 1 heterocycles. The van der Waals surface area contributed by atoms with E-state index in [0.717, 1.165) is 0 Å². The average molecular weight is 131 g/mol. The van der Waals surface area contributed by atoms with Crippen molar-refractivity contribution in [2.45, 2.75) is 6.92 Å². The smallest absolute Gasteiger partial charge is 0.178 e. The third-order valence-electron chi connectivity index (χ3n) is 1.15. The summed E-state index contributed by atoms with van der Waals surface area (Å²) in [5, 5.41) is 0. The number of Topliss-reactive ketones (excluding diaryl/α,β-unsaturated/α-hetero) is 1. The molecular formula is C7H6BNO. The number of ketones is 1. The molecule has 0 unspecified atom stereocenters. The Kier molecular flexibility index (Phi) is 1.85. The lowest BCUT2D eigenvalue weighted by Gasteiger charge is -1.93. The fourth-order valence-electron chi connectivity index (χ4n) is 0.614. The Balaban J connectivity index is 3.00. The number of aromatic nitrogens is 1. The minimum Gasteiger partial charge on any atom is -0.293 e. The molecule has 3 heteroatoms. The molecule has 0 saturated heterocycles. The molecule has 0 aromatic carbocycles. The molecule has 1 aromatic rings. The molecule has 0 N–H and O–H groups in total. The maximum atomic E-state index is 10.7. The molecule has 0 amide bonds. The zero-order valence-electron chi connectivity index (χ0n) is 5.66. The molecule has 1 aromatic heterocycles. The van der Waals surface area contributed by atoms with Crippen molar-refractivity contribution in [2.75, 3.05) is 0 Å². The molecule has 0 aliphatic rings. The Morgan fingerprint density at radius 2 is 2.30 bits per heavy atom. The standard InChI is InChI=1S/C7H6BNO/c1-5(10)7-3-2-6(8)4-9-7/h2-4H,1H3. The summed E-state index contributed by atoms with van der Waals surface area (Å²) < 4.78 is 0. The molecule has 10 heavy (non-hydrogen) atoms. The predicted molar refractivity (Wildman–Crippen MR) is 39.6 cm³/mol. The highest BCUT2D eigenvalue weighted by Crippen LogP contribution is 1.90. The first-order chi connectivity index (χ1) is 4.70. The maximum absolute atomic E-state index is 10.7. The van der Waals surface area contributed by atoms with Crippen LogP contribution in [0.15, 0.2) is 18.3 Å². The highest BCUT2D eigenvalue weighted by Gasteiger charge is 1.96. The van der Waals surface area contributed by atoms with Gasteiger partial charge in [-0.15, -0.1) is 0 Å². The van der Waals surface area contributed by atoms with E-state index in [-0.39, 0.29) is 5.78 Å². The first-order valence-corrected chi connectivity index (χ1v) is 2.92. The number of hydrogen-bond donors (Lipinski definition) is 0. The number of nitrogens with zero attached hydrogens (tertiary/aromatic N) is 1. The van der Waals surface area contributed by atoms with E-state index in [1.807, 2.05) is 0 Å². The van der Waals surface area contributed by atoms with E-state index in [4.69, 9.17) is 7.85 Å². The van der Waals surface area contributed by atoms with Crippen LogP contribution in [0, 0.1) is 0 Å². The van der Waals surface area contributed by atoms with Gasteiger partial charge in [0.15, 0.2) is 5.78 Å². The van der Waals surface area contributed by atoms with Crippen LogP contribution in [0.4, 0.5) is 0 Å². The van der Waals surface area contributed by atoms with Crippen molar-refractivity contribution in [2.24, 2.45) is 0 Å². The zero-order chi connectivity index (χ0) is 7.56. The topological polar surface area (TPSA) is 30.0 Å². The van der Waals surface area contributed by atoms with Crippen LogP contribution in [0.3, 0.4) is 0 Å². The summed E-state index contributed by atoms with van der Waals surface area (Å²) in [5.41, 5.74) is 1.03. The maximum Gasteiger partial charge on any atom is 0.178 e. The summed E-state index contributed by atoms with van der Waals surface area (Å²) in [6.07, 6.45) is 1.47. The lowest BCUT2D eigenvalue weighted by atomic mass is 9.98. The molecule has 2 radical (unpaired) electrons. The summed E-state index contributed by atoms with van der Waals surface area (Å²) in [7, 11) is 5.35. The van der Waals surface area contributed by atoms with Gasteiger partial charge in [0, 0.05) is 13.1 Å². The minimum absolute atomic E-state index is 0.0417. The summed E-state index contributed by atoms with van der Waals surface area (Å²) in [4.78, 5) is 14.5. The van der Waals surface area contributed by atoms with Crippen molar-refractivity contribution < 1.29 is 4.79 Å². The minimum atomic E-state index is -0.0417. The Morgan fingerprint density at radius 1 is 1.60 bits per heavy atom. The molecule has 2 nitrogen and oxygen atoms in total. The first kappa shape index (κ1) is 7.00. The number of hydrogen-bond acceptors (Lipinski definition) is 2. The average Bonchev–Trinajstić information content (AvgIpc) is 1.88. The van der Waals surface area contributed by atoms with Crippen molar-refractivity contribution in [3.63, 3.8) is 0 Å². The van der Waals surface area contributed by atoms with Crippen molar-refractivity contribution in [3.05, 3.63) is 24.0 Å². The van der Waals surface area contributed by atoms with Gasteiger partial charge in [-0.1, -0.05) is 11.5 Å². The molecule has 0 aliphatic heterocycles. The van der Waals surface area contributed by atoms with Crippen LogP contribution >= 0.6 is 0 Å². The van der Waals surface area contributed by atoms with Gasteiger partial charge in [-0.25, -0.2) is 0 Å². The molecular weight excluding hydrogens is 125 g/mol. The molecule has 0 fully saturated rings. The third kappa shape index (κ3) is 1.44. The molecule has 0 atom stereocenters. The summed E-state index contributed by atoms with van der Waals surface area (Å²) in [5.74, 6) is -0.0417. The number of rotatable bonds is 1. The van der Waals surface area contributed by atoms with E-state index >= 15 is 0 Å². The largest absolute Gasteiger partial charge is 0.293 e. The van der Waals surface area contributed by atoms with Crippen molar-refractivity contribution in [1.82, 2.24) is 4.98 Å². The van der Waals surface area contributed by atoms with Crippen LogP contribution in [0.1, 0.15) is 17.4 Å². The SMILES string of the molecule is [B]c1ccc(C(C)=O)nc1. The van der Waals surface area contributed by atoms with Crippen molar-refractivity contribution >= 4 is 19.1 Å². The van der Waals surface area contributed by atoms with Gasteiger partial charge in [0.1, 0.15) is 13.5 Å². The number of carbonyl (C=O) groups is 1. The monoisotopic (exact) mass is 131 g/mol. The van der Waals surface area contributed by atoms with Crippen molar-refractivity contribution in [3.8, 4) is 0 Å². The summed E-state index contributed by atoms with van der Waals surface area (Å²) in [6.45, 7) is 1.47. The highest BCUT2D eigenvalue weighted by atomic mass is 16.1. The zero-order valence-corrected chi connectivity index (χ0v) is 5.66. The summed E-state index contributed by atoms with van der Waals surface area (Å²) in [6, 6.07) is 3.27. The molecule has 48 valence electrons. The van der Waals surface area contributed by atoms with E-state index in [9.17, 15) is 4.79 Å². The number of carbonyl (C=O) groups excluding carboxylic acids is 1. The van der Waals surface area contributed by atoms with E-state index in [2.05, 4.69) is 4.98 Å². The quantitative estimate of drug-likeness (QED) is 0.399. The fraction of sp³-hybridized carbons (Fsp3) is 0.143. The van der Waals surface area contributed by atoms with Gasteiger partial charge in [0.25, 0.3) is 0 Å². The summed E-state index contributed by atoms with van der Waals surface area (Å²) >= 11 is 0. The van der Waals surface area contributed by atoms with Gasteiger partial charge in [-0.2, -0.15) is 0 Å². The highest BCUT2D eigenvalue weighted by molar-refractivity contribution is 6.32. The van der Waals surface area contributed by atoms with Crippen molar-refractivity contribution in [1.29, 1.82) is 0 Å². The van der Waals surface area contributed by atoms with Gasteiger partial charge in [-0.05, 0) is 6.07 Å². The van der Waals surface area contributed by atoms with Crippen LogP contribution < -0.4 is 5.46 Å². The van der Waals surface area contributed by atoms with Crippen LogP contribution in [0.5, 0.6) is 0 Å². The van der Waals surface area contributed by atoms with Crippen LogP contribution in [-0.2, 0) is 0 Å².